The van der Waals surface area contributed by atoms with Crippen molar-refractivity contribution in [3.63, 3.8) is 0 Å². The number of hydrogen-bond acceptors (Lipinski definition) is 9. The maximum Gasteiger partial charge on any atom is 0.310 e. The van der Waals surface area contributed by atoms with Crippen LogP contribution in [0.1, 0.15) is 66.4 Å². The van der Waals surface area contributed by atoms with Crippen molar-refractivity contribution in [3.8, 4) is 5.75 Å². The third-order valence-electron chi connectivity index (χ3n) is 10.2. The van der Waals surface area contributed by atoms with Crippen LogP contribution in [-0.2, 0) is 24.4 Å². The van der Waals surface area contributed by atoms with Crippen molar-refractivity contribution in [1.82, 2.24) is 34.0 Å². The average Bonchev–Trinajstić information content (AvgIpc) is 3.60. The maximum absolute atomic E-state index is 14.3. The number of piperazine rings is 1. The second-order valence-corrected chi connectivity index (χ2v) is 16.4. The number of hydrogen-bond donors (Lipinski definition) is 1. The van der Waals surface area contributed by atoms with Gasteiger partial charge < -0.3 is 24.4 Å². The topological polar surface area (TPSA) is 140 Å². The van der Waals surface area contributed by atoms with Crippen LogP contribution in [0.25, 0.3) is 11.4 Å². The molecule has 4 heterocycles. The number of halogens is 5. The molecule has 1 N–H and O–H groups in total. The number of carbonyl (C=O) groups excluding carboxylic acids is 2. The van der Waals surface area contributed by atoms with Crippen molar-refractivity contribution < 1.29 is 33.8 Å². The monoisotopic (exact) mass is 813 g/mol. The Hall–Kier alpha value is -5.85. The van der Waals surface area contributed by atoms with Crippen molar-refractivity contribution in [2.45, 2.75) is 64.5 Å². The summed E-state index contributed by atoms with van der Waals surface area (Å²) in [4.78, 5) is 56.2. The van der Waals surface area contributed by atoms with E-state index in [9.17, 15) is 33.8 Å². The first-order chi connectivity index (χ1) is 26.9. The highest BCUT2D eigenvalue weighted by Crippen LogP contribution is 3.02. The number of nitrogens with one attached hydrogen (secondary N) is 1. The smallest absolute Gasteiger partial charge is 0.310 e. The normalized spacial score (nSPS) is 15.8. The highest BCUT2D eigenvalue weighted by molar-refractivity contribution is 8.45. The highest BCUT2D eigenvalue weighted by Gasteiger charge is 2.65. The Morgan fingerprint density at radius 2 is 1.61 bits per heavy atom. The lowest BCUT2D eigenvalue weighted by Crippen LogP contribution is -2.51. The molecule has 2 amide bonds. The van der Waals surface area contributed by atoms with Crippen molar-refractivity contribution in [2.24, 2.45) is 0 Å². The molecular formula is C38H40F5N9O4S. The molecule has 0 radical (unpaired) electrons. The minimum atomic E-state index is -9.91. The summed E-state index contributed by atoms with van der Waals surface area (Å²) in [6.45, 7) is 6.07. The van der Waals surface area contributed by atoms with Crippen LogP contribution in [0.4, 0.5) is 30.8 Å². The number of aryl methyl sites for hydroxylation is 1. The van der Waals surface area contributed by atoms with Crippen LogP contribution < -0.4 is 20.5 Å². The third kappa shape index (κ3) is 8.19. The fraction of sp³-hybridized carbons (Fsp3) is 0.342. The van der Waals surface area contributed by atoms with Crippen molar-refractivity contribution in [1.29, 1.82) is 0 Å². The summed E-state index contributed by atoms with van der Waals surface area (Å²) in [7, 11) is -9.91. The Morgan fingerprint density at radius 3 is 2.23 bits per heavy atom. The van der Waals surface area contributed by atoms with Crippen LogP contribution in [0.5, 0.6) is 5.75 Å². The van der Waals surface area contributed by atoms with Gasteiger partial charge in [0.2, 0.25) is 11.7 Å². The molecule has 302 valence electrons. The molecule has 1 saturated carbocycles. The molecule has 3 aromatic heterocycles. The van der Waals surface area contributed by atoms with Gasteiger partial charge >= 0.3 is 10.2 Å². The second kappa shape index (κ2) is 14.3. The molecule has 19 heteroatoms. The van der Waals surface area contributed by atoms with E-state index in [1.807, 2.05) is 42.2 Å². The number of aromatic nitrogens is 6. The van der Waals surface area contributed by atoms with Gasteiger partial charge in [0, 0.05) is 31.9 Å². The van der Waals surface area contributed by atoms with Crippen molar-refractivity contribution in [2.75, 3.05) is 36.4 Å². The zero-order chi connectivity index (χ0) is 40.8. The lowest BCUT2D eigenvalue weighted by atomic mass is 9.88. The van der Waals surface area contributed by atoms with Gasteiger partial charge in [-0.05, 0) is 74.9 Å². The summed E-state index contributed by atoms with van der Waals surface area (Å²) in [6.07, 6.45) is 4.34. The number of rotatable bonds is 11. The molecule has 5 aromatic rings. The van der Waals surface area contributed by atoms with Crippen molar-refractivity contribution in [3.05, 3.63) is 105 Å². The summed E-state index contributed by atoms with van der Waals surface area (Å²) in [5.74, 6) is -0.392. The summed E-state index contributed by atoms with van der Waals surface area (Å²) in [5.41, 5.74) is 3.58. The molecule has 0 atom stereocenters. The summed E-state index contributed by atoms with van der Waals surface area (Å²) in [5, 5.41) is 7.04. The summed E-state index contributed by atoms with van der Waals surface area (Å²) < 4.78 is 75.2. The molecule has 57 heavy (non-hydrogen) atoms. The van der Waals surface area contributed by atoms with Gasteiger partial charge in [-0.15, -0.1) is 5.10 Å². The van der Waals surface area contributed by atoms with Gasteiger partial charge in [0.05, 0.1) is 11.4 Å². The van der Waals surface area contributed by atoms with E-state index in [1.54, 1.807) is 18.7 Å². The molecular weight excluding hydrogens is 774 g/mol. The zero-order valence-electron chi connectivity index (χ0n) is 31.4. The molecule has 2 fully saturated rings. The Balaban J connectivity index is 1.17. The first-order valence-electron chi connectivity index (χ1n) is 18.3. The molecule has 7 rings (SSSR count). The number of ether oxygens (including phenoxy) is 1. The Bertz CT molecular complexity index is 2460. The van der Waals surface area contributed by atoms with Crippen LogP contribution in [-0.4, -0.2) is 72.0 Å². The van der Waals surface area contributed by atoms with Crippen LogP contribution in [0.2, 0.25) is 0 Å². The number of allylic oxidation sites excluding steroid dienone is 2. The lowest BCUT2D eigenvalue weighted by Gasteiger charge is -2.40. The molecule has 13 nitrogen and oxygen atoms in total. The van der Waals surface area contributed by atoms with E-state index >= 15 is 0 Å². The SMILES string of the molecule is CCc1c(N2CCN(C(=O)c3ncnc(C)c3OCc3ccccc3)CC2)c(=O)n2nc(C(C)=C3CCC3)nc2n1CC(=O)Nc1ccc(S(F)(F)(F)(F)F)cc1. The number of carbonyl (C=O) groups is 2. The van der Waals surface area contributed by atoms with E-state index in [0.717, 1.165) is 52.6 Å². The van der Waals surface area contributed by atoms with Gasteiger partial charge in [0.15, 0.2) is 17.3 Å². The molecule has 0 unspecified atom stereocenters. The quantitative estimate of drug-likeness (QED) is 0.136. The first-order valence-corrected chi connectivity index (χ1v) is 20.2. The van der Waals surface area contributed by atoms with Crippen LogP contribution in [0, 0.1) is 6.92 Å². The van der Waals surface area contributed by atoms with E-state index in [1.165, 1.54) is 10.9 Å². The van der Waals surface area contributed by atoms with Crippen LogP contribution in [0.3, 0.4) is 0 Å². The average molecular weight is 814 g/mol. The lowest BCUT2D eigenvalue weighted by molar-refractivity contribution is -0.116. The molecule has 1 aliphatic heterocycles. The summed E-state index contributed by atoms with van der Waals surface area (Å²) >= 11 is 0. The number of amides is 2. The van der Waals surface area contributed by atoms with Gasteiger partial charge in [-0.1, -0.05) is 62.3 Å². The fourth-order valence-electron chi connectivity index (χ4n) is 6.91. The largest absolute Gasteiger partial charge is 0.485 e. The standard InChI is InChI=1S/C38H40F5N9O4S/c1-4-30-33(49-17-19-50(20-18-49)36(54)32-34(25(3)44-23-45-32)56-22-26-9-6-5-7-10-26)37(55)52-38(47-35(48-52)24(2)27-11-8-12-27)51(30)21-31(53)46-28-13-15-29(16-14-28)57(39,40,41,42)43/h5-7,9-10,13-16,23H,4,8,11-12,17-22H2,1-3H3,(H,46,53). The number of nitrogens with zero attached hydrogens (tertiary/aromatic N) is 8. The van der Waals surface area contributed by atoms with Crippen molar-refractivity contribution >= 4 is 44.8 Å². The molecule has 2 aliphatic rings. The zero-order valence-corrected chi connectivity index (χ0v) is 32.2. The van der Waals surface area contributed by atoms with E-state index in [0.29, 0.717) is 17.2 Å². The van der Waals surface area contributed by atoms with Gasteiger partial charge in [-0.3, -0.25) is 14.4 Å². The summed E-state index contributed by atoms with van der Waals surface area (Å²) in [6, 6.07) is 11.4. The predicted molar refractivity (Wildman–Crippen MR) is 205 cm³/mol. The van der Waals surface area contributed by atoms with Gasteiger partial charge in [0.1, 0.15) is 30.1 Å². The first kappa shape index (κ1) is 39.4. The molecule has 0 bridgehead atoms. The number of anilines is 2. The molecule has 1 aliphatic carbocycles. The number of fused-ring (bicyclic) bond motifs is 1. The van der Waals surface area contributed by atoms with Crippen LogP contribution >= 0.6 is 10.2 Å². The van der Waals surface area contributed by atoms with E-state index in [4.69, 9.17) is 4.74 Å². The number of benzene rings is 2. The van der Waals surface area contributed by atoms with E-state index < -0.39 is 33.1 Å². The van der Waals surface area contributed by atoms with E-state index in [2.05, 4.69) is 25.4 Å². The molecule has 1 saturated heterocycles. The second-order valence-electron chi connectivity index (χ2n) is 14.0. The highest BCUT2D eigenvalue weighted by atomic mass is 32.5. The van der Waals surface area contributed by atoms with Gasteiger partial charge in [-0.2, -0.15) is 9.50 Å². The minimum absolute atomic E-state index is 0.0808. The predicted octanol–water partition coefficient (Wildman–Crippen LogP) is 7.35. The maximum atomic E-state index is 14.3. The van der Waals surface area contributed by atoms with Gasteiger partial charge in [-0.25, -0.2) is 9.97 Å². The third-order valence-corrected chi connectivity index (χ3v) is 11.3. The minimum Gasteiger partial charge on any atom is -0.485 e. The van der Waals surface area contributed by atoms with E-state index in [-0.39, 0.29) is 85.8 Å². The molecule has 0 spiro atoms. The Kier molecular flexibility index (Phi) is 9.86. The Labute approximate surface area is 323 Å². The van der Waals surface area contributed by atoms with Crippen LogP contribution in [0.15, 0.2) is 76.2 Å². The molecule has 2 aromatic carbocycles. The fourth-order valence-corrected chi connectivity index (χ4v) is 7.56. The Morgan fingerprint density at radius 1 is 0.930 bits per heavy atom. The van der Waals surface area contributed by atoms with Gasteiger partial charge in [0.25, 0.3) is 11.5 Å².